The molecule has 2 aromatic rings. The van der Waals surface area contributed by atoms with Crippen LogP contribution >= 0.6 is 11.6 Å². The highest BCUT2D eigenvalue weighted by molar-refractivity contribution is 7.92. The zero-order chi connectivity index (χ0) is 19.3. The minimum Gasteiger partial charge on any atom is -0.306 e. The van der Waals surface area contributed by atoms with E-state index < -0.39 is 10.0 Å². The van der Waals surface area contributed by atoms with E-state index in [0.717, 1.165) is 36.1 Å². The lowest BCUT2D eigenvalue weighted by atomic mass is 9.79. The Morgan fingerprint density at radius 3 is 2.44 bits per heavy atom. The molecule has 6 heteroatoms. The van der Waals surface area contributed by atoms with E-state index in [0.29, 0.717) is 16.0 Å². The van der Waals surface area contributed by atoms with Gasteiger partial charge in [-0.25, -0.2) is 8.42 Å². The molecule has 0 aromatic heterocycles. The zero-order valence-corrected chi connectivity index (χ0v) is 17.5. The van der Waals surface area contributed by atoms with Gasteiger partial charge in [-0.05, 0) is 76.2 Å². The van der Waals surface area contributed by atoms with Crippen LogP contribution in [0.4, 0.5) is 5.69 Å². The molecule has 1 aliphatic heterocycles. The Morgan fingerprint density at radius 2 is 1.78 bits per heavy atom. The highest BCUT2D eigenvalue weighted by Gasteiger charge is 2.47. The third-order valence-electron chi connectivity index (χ3n) is 6.02. The largest absolute Gasteiger partial charge is 0.306 e. The quantitative estimate of drug-likeness (QED) is 0.760. The van der Waals surface area contributed by atoms with Crippen molar-refractivity contribution in [2.45, 2.75) is 49.1 Å². The first kappa shape index (κ1) is 18.8. The van der Waals surface area contributed by atoms with Gasteiger partial charge in [0, 0.05) is 17.0 Å². The summed E-state index contributed by atoms with van der Waals surface area (Å²) in [7, 11) is 0.581. The fraction of sp³-hybridized carbons (Fsp3) is 0.429. The van der Waals surface area contributed by atoms with Crippen LogP contribution in [0.25, 0.3) is 0 Å². The van der Waals surface area contributed by atoms with Gasteiger partial charge >= 0.3 is 0 Å². The van der Waals surface area contributed by atoms with Crippen molar-refractivity contribution in [1.82, 2.24) is 4.90 Å². The molecule has 1 aliphatic carbocycles. The van der Waals surface area contributed by atoms with Crippen molar-refractivity contribution in [3.8, 4) is 0 Å². The fourth-order valence-corrected chi connectivity index (χ4v) is 6.47. The van der Waals surface area contributed by atoms with Crippen LogP contribution in [-0.4, -0.2) is 39.5 Å². The molecule has 0 N–H and O–H groups in total. The van der Waals surface area contributed by atoms with E-state index in [2.05, 4.69) is 19.0 Å². The van der Waals surface area contributed by atoms with Gasteiger partial charge < -0.3 is 4.90 Å². The number of sulfonamides is 1. The molecule has 27 heavy (non-hydrogen) atoms. The summed E-state index contributed by atoms with van der Waals surface area (Å²) in [6.07, 6.45) is 2.80. The van der Waals surface area contributed by atoms with Crippen LogP contribution in [0.1, 0.15) is 36.3 Å². The molecule has 2 aromatic carbocycles. The van der Waals surface area contributed by atoms with Crippen LogP contribution in [0.3, 0.4) is 0 Å². The summed E-state index contributed by atoms with van der Waals surface area (Å²) < 4.78 is 28.8. The van der Waals surface area contributed by atoms with E-state index in [9.17, 15) is 8.42 Å². The summed E-state index contributed by atoms with van der Waals surface area (Å²) in [6, 6.07) is 13.2. The fourth-order valence-electron chi connectivity index (χ4n) is 4.55. The molecule has 4 nitrogen and oxygen atoms in total. The topological polar surface area (TPSA) is 40.6 Å². The number of halogens is 1. The van der Waals surface area contributed by atoms with Gasteiger partial charge in [0.2, 0.25) is 0 Å². The summed E-state index contributed by atoms with van der Waals surface area (Å²) >= 11 is 6.27. The van der Waals surface area contributed by atoms with Crippen molar-refractivity contribution >= 4 is 27.3 Å². The Hall–Kier alpha value is -1.56. The second-order valence-electron chi connectivity index (χ2n) is 7.92. The van der Waals surface area contributed by atoms with Crippen molar-refractivity contribution in [1.29, 1.82) is 0 Å². The minimum atomic E-state index is -3.61. The van der Waals surface area contributed by atoms with Crippen LogP contribution < -0.4 is 4.31 Å². The number of fused-ring (bicyclic) bond motifs is 3. The van der Waals surface area contributed by atoms with Crippen molar-refractivity contribution in [2.24, 2.45) is 0 Å². The molecular weight excluding hydrogens is 380 g/mol. The van der Waals surface area contributed by atoms with E-state index >= 15 is 0 Å². The number of aryl methyl sites for hydroxylation is 1. The molecule has 1 fully saturated rings. The molecule has 0 saturated heterocycles. The molecule has 0 amide bonds. The van der Waals surface area contributed by atoms with Gasteiger partial charge in [0.25, 0.3) is 10.0 Å². The molecule has 3 atom stereocenters. The van der Waals surface area contributed by atoms with E-state index in [4.69, 9.17) is 11.6 Å². The van der Waals surface area contributed by atoms with Gasteiger partial charge in [-0.15, -0.1) is 0 Å². The molecule has 3 unspecified atom stereocenters. The first-order valence-corrected chi connectivity index (χ1v) is 11.2. The first-order valence-electron chi connectivity index (χ1n) is 9.36. The molecule has 0 bridgehead atoms. The summed E-state index contributed by atoms with van der Waals surface area (Å²) in [5, 5.41) is 0.661. The third-order valence-corrected chi connectivity index (χ3v) is 8.11. The number of rotatable bonds is 3. The van der Waals surface area contributed by atoms with Gasteiger partial charge in [0.15, 0.2) is 0 Å². The van der Waals surface area contributed by atoms with E-state index in [1.165, 1.54) is 0 Å². The molecule has 2 aliphatic rings. The standard InChI is InChI=1S/C21H25ClN2O2S/c1-14-4-8-17(9-5-14)27(25,26)24-20-10-6-15(22)12-18(20)19-13-16(23(2)3)7-11-21(19)24/h4-6,8-10,12,16,19,21H,7,11,13H2,1-3H3. The smallest absolute Gasteiger partial charge is 0.264 e. The molecule has 0 spiro atoms. The average Bonchev–Trinajstić information content (AvgIpc) is 2.95. The minimum absolute atomic E-state index is 0.0408. The lowest BCUT2D eigenvalue weighted by Gasteiger charge is -2.38. The van der Waals surface area contributed by atoms with Gasteiger partial charge in [0.05, 0.1) is 16.6 Å². The summed E-state index contributed by atoms with van der Waals surface area (Å²) in [5.74, 6) is 0.181. The maximum atomic E-state index is 13.5. The first-order chi connectivity index (χ1) is 12.8. The highest BCUT2D eigenvalue weighted by atomic mass is 35.5. The number of hydrogen-bond donors (Lipinski definition) is 0. The Labute approximate surface area is 166 Å². The van der Waals surface area contributed by atoms with Gasteiger partial charge in [-0.3, -0.25) is 4.31 Å². The van der Waals surface area contributed by atoms with Crippen molar-refractivity contribution < 1.29 is 8.42 Å². The van der Waals surface area contributed by atoms with Gasteiger partial charge in [-0.2, -0.15) is 0 Å². The lowest BCUT2D eigenvalue weighted by molar-refractivity contribution is 0.205. The molecule has 1 saturated carbocycles. The third kappa shape index (κ3) is 3.16. The lowest BCUT2D eigenvalue weighted by Crippen LogP contribution is -2.45. The second kappa shape index (κ2) is 6.80. The maximum absolute atomic E-state index is 13.5. The Morgan fingerprint density at radius 1 is 1.07 bits per heavy atom. The van der Waals surface area contributed by atoms with Crippen molar-refractivity contribution in [2.75, 3.05) is 18.4 Å². The second-order valence-corrected chi connectivity index (χ2v) is 10.2. The van der Waals surface area contributed by atoms with Crippen LogP contribution in [0, 0.1) is 6.92 Å². The number of hydrogen-bond acceptors (Lipinski definition) is 3. The van der Waals surface area contributed by atoms with E-state index in [1.807, 2.05) is 31.2 Å². The zero-order valence-electron chi connectivity index (χ0n) is 15.9. The summed E-state index contributed by atoms with van der Waals surface area (Å²) in [6.45, 7) is 1.96. The van der Waals surface area contributed by atoms with Crippen LogP contribution in [0.5, 0.6) is 0 Å². The monoisotopic (exact) mass is 404 g/mol. The number of nitrogens with zero attached hydrogens (tertiary/aromatic N) is 2. The number of anilines is 1. The van der Waals surface area contributed by atoms with E-state index in [1.54, 1.807) is 22.5 Å². The highest BCUT2D eigenvalue weighted by Crippen LogP contribution is 2.51. The van der Waals surface area contributed by atoms with Crippen LogP contribution in [-0.2, 0) is 10.0 Å². The molecule has 144 valence electrons. The summed E-state index contributed by atoms with van der Waals surface area (Å²) in [5.41, 5.74) is 2.90. The van der Waals surface area contributed by atoms with E-state index in [-0.39, 0.29) is 12.0 Å². The van der Waals surface area contributed by atoms with Gasteiger partial charge in [0.1, 0.15) is 0 Å². The Kier molecular flexibility index (Phi) is 4.73. The predicted octanol–water partition coefficient (Wildman–Crippen LogP) is 4.42. The van der Waals surface area contributed by atoms with Crippen molar-refractivity contribution in [3.63, 3.8) is 0 Å². The van der Waals surface area contributed by atoms with Crippen molar-refractivity contribution in [3.05, 3.63) is 58.6 Å². The Bertz CT molecular complexity index is 957. The van der Waals surface area contributed by atoms with Gasteiger partial charge in [-0.1, -0.05) is 29.3 Å². The van der Waals surface area contributed by atoms with Crippen LogP contribution in [0.15, 0.2) is 47.4 Å². The Balaban J connectivity index is 1.81. The molecular formula is C21H25ClN2O2S. The average molecular weight is 405 g/mol. The SMILES string of the molecule is Cc1ccc(S(=O)(=O)N2c3ccc(Cl)cc3C3CC(N(C)C)CCC32)cc1. The molecule has 0 radical (unpaired) electrons. The predicted molar refractivity (Wildman–Crippen MR) is 110 cm³/mol. The summed E-state index contributed by atoms with van der Waals surface area (Å²) in [4.78, 5) is 2.60. The molecule has 1 heterocycles. The maximum Gasteiger partial charge on any atom is 0.264 e. The normalized spacial score (nSPS) is 24.8. The number of benzene rings is 2. The molecule has 4 rings (SSSR count). The van der Waals surface area contributed by atoms with Crippen LogP contribution in [0.2, 0.25) is 5.02 Å².